The highest BCUT2D eigenvalue weighted by molar-refractivity contribution is 7.91. The summed E-state index contributed by atoms with van der Waals surface area (Å²) in [6.45, 7) is 4.56. The average Bonchev–Trinajstić information content (AvgIpc) is 3.13. The maximum atomic E-state index is 13.4. The zero-order valence-electron chi connectivity index (χ0n) is 20.1. The highest BCUT2D eigenvalue weighted by atomic mass is 32.2. The van der Waals surface area contributed by atoms with Gasteiger partial charge in [0.1, 0.15) is 11.6 Å². The quantitative estimate of drug-likeness (QED) is 0.327. The molecule has 0 aliphatic carbocycles. The predicted octanol–water partition coefficient (Wildman–Crippen LogP) is 5.13. The normalized spacial score (nSPS) is 11.4. The standard InChI is InChI=1S/C27H28FN3O4S/c1-3-35-23-14-12-22(13-15-23)30-27(32)29-16-17-36(33,34)26-19(2)31(25-7-5-4-6-24(25)26)18-20-8-10-21(28)11-9-20/h4-15H,3,16-18H2,1-2H3,(H2,29,30,32). The number of nitrogens with one attached hydrogen (secondary N) is 2. The minimum absolute atomic E-state index is 0.0535. The summed E-state index contributed by atoms with van der Waals surface area (Å²) in [6.07, 6.45) is 0. The Morgan fingerprint density at radius 2 is 1.69 bits per heavy atom. The van der Waals surface area contributed by atoms with Crippen LogP contribution in [0.2, 0.25) is 0 Å². The topological polar surface area (TPSA) is 89.4 Å². The zero-order valence-corrected chi connectivity index (χ0v) is 20.9. The fourth-order valence-electron chi connectivity index (χ4n) is 4.15. The molecule has 4 rings (SSSR count). The molecule has 1 heterocycles. The first kappa shape index (κ1) is 25.2. The number of ether oxygens (including phenoxy) is 1. The maximum absolute atomic E-state index is 13.4. The summed E-state index contributed by atoms with van der Waals surface area (Å²) in [4.78, 5) is 12.5. The van der Waals surface area contributed by atoms with E-state index in [9.17, 15) is 17.6 Å². The van der Waals surface area contributed by atoms with E-state index in [2.05, 4.69) is 10.6 Å². The molecule has 7 nitrogen and oxygen atoms in total. The number of aromatic nitrogens is 1. The molecule has 0 bridgehead atoms. The average molecular weight is 510 g/mol. The number of benzene rings is 3. The molecule has 0 spiro atoms. The van der Waals surface area contributed by atoms with E-state index < -0.39 is 15.9 Å². The number of urea groups is 1. The highest BCUT2D eigenvalue weighted by Gasteiger charge is 2.25. The second-order valence-electron chi connectivity index (χ2n) is 8.30. The number of sulfone groups is 1. The number of nitrogens with zero attached hydrogens (tertiary/aromatic N) is 1. The van der Waals surface area contributed by atoms with Crippen LogP contribution in [0.5, 0.6) is 5.75 Å². The molecule has 2 amide bonds. The Morgan fingerprint density at radius 3 is 2.39 bits per heavy atom. The molecule has 1 aromatic heterocycles. The number of fused-ring (bicyclic) bond motifs is 1. The van der Waals surface area contributed by atoms with Crippen molar-refractivity contribution in [2.24, 2.45) is 0 Å². The smallest absolute Gasteiger partial charge is 0.319 e. The molecule has 188 valence electrons. The number of para-hydroxylation sites is 1. The molecule has 0 unspecified atom stereocenters. The number of carbonyl (C=O) groups is 1. The summed E-state index contributed by atoms with van der Waals surface area (Å²) in [7, 11) is -3.72. The van der Waals surface area contributed by atoms with E-state index >= 15 is 0 Å². The van der Waals surface area contributed by atoms with Gasteiger partial charge >= 0.3 is 6.03 Å². The second-order valence-corrected chi connectivity index (χ2v) is 10.3. The van der Waals surface area contributed by atoms with Gasteiger partial charge in [0.2, 0.25) is 0 Å². The van der Waals surface area contributed by atoms with E-state index in [1.54, 1.807) is 55.5 Å². The van der Waals surface area contributed by atoms with Gasteiger partial charge in [0.15, 0.2) is 9.84 Å². The Bertz CT molecular complexity index is 1460. The van der Waals surface area contributed by atoms with Crippen LogP contribution in [-0.4, -0.2) is 37.9 Å². The Morgan fingerprint density at radius 1 is 1.00 bits per heavy atom. The monoisotopic (exact) mass is 509 g/mol. The first-order valence-corrected chi connectivity index (χ1v) is 13.3. The maximum Gasteiger partial charge on any atom is 0.319 e. The van der Waals surface area contributed by atoms with Crippen molar-refractivity contribution in [2.45, 2.75) is 25.3 Å². The van der Waals surface area contributed by atoms with Crippen molar-refractivity contribution >= 4 is 32.5 Å². The number of amides is 2. The zero-order chi connectivity index (χ0) is 25.7. The number of hydrogen-bond acceptors (Lipinski definition) is 4. The molecule has 0 fully saturated rings. The Kier molecular flexibility index (Phi) is 7.59. The van der Waals surface area contributed by atoms with Crippen molar-refractivity contribution in [1.82, 2.24) is 9.88 Å². The first-order valence-electron chi connectivity index (χ1n) is 11.6. The fraction of sp³-hybridized carbons (Fsp3) is 0.222. The van der Waals surface area contributed by atoms with Crippen molar-refractivity contribution in [2.75, 3.05) is 24.2 Å². The molecule has 36 heavy (non-hydrogen) atoms. The summed E-state index contributed by atoms with van der Waals surface area (Å²) in [5, 5.41) is 5.92. The summed E-state index contributed by atoms with van der Waals surface area (Å²) < 4.78 is 47.4. The number of rotatable bonds is 9. The minimum atomic E-state index is -3.72. The van der Waals surface area contributed by atoms with Gasteiger partial charge < -0.3 is 19.9 Å². The Labute approximate surface area is 209 Å². The van der Waals surface area contributed by atoms with Crippen molar-refractivity contribution in [3.05, 3.63) is 89.9 Å². The van der Waals surface area contributed by atoms with Crippen molar-refractivity contribution in [1.29, 1.82) is 0 Å². The molecule has 4 aromatic rings. The van der Waals surface area contributed by atoms with Crippen LogP contribution in [0.1, 0.15) is 18.2 Å². The molecule has 0 saturated heterocycles. The lowest BCUT2D eigenvalue weighted by molar-refractivity contribution is 0.252. The van der Waals surface area contributed by atoms with Crippen molar-refractivity contribution in [3.8, 4) is 5.75 Å². The summed E-state index contributed by atoms with van der Waals surface area (Å²) >= 11 is 0. The van der Waals surface area contributed by atoms with Gasteiger partial charge in [-0.3, -0.25) is 0 Å². The molecule has 3 aromatic carbocycles. The first-order chi connectivity index (χ1) is 17.3. The lowest BCUT2D eigenvalue weighted by Gasteiger charge is -2.11. The SMILES string of the molecule is CCOc1ccc(NC(=O)NCCS(=O)(=O)c2c(C)n(Cc3ccc(F)cc3)c3ccccc23)cc1. The fourth-order valence-corrected chi connectivity index (χ4v) is 5.79. The molecule has 0 aliphatic rings. The van der Waals surface area contributed by atoms with Crippen LogP contribution in [0.25, 0.3) is 10.9 Å². The van der Waals surface area contributed by atoms with Crippen LogP contribution in [0.3, 0.4) is 0 Å². The van der Waals surface area contributed by atoms with Crippen LogP contribution in [-0.2, 0) is 16.4 Å². The number of carbonyl (C=O) groups excluding carboxylic acids is 1. The van der Waals surface area contributed by atoms with Crippen LogP contribution in [0.4, 0.5) is 14.9 Å². The lowest BCUT2D eigenvalue weighted by Crippen LogP contribution is -2.32. The van der Waals surface area contributed by atoms with E-state index in [0.717, 1.165) is 11.1 Å². The highest BCUT2D eigenvalue weighted by Crippen LogP contribution is 2.31. The van der Waals surface area contributed by atoms with Crippen molar-refractivity contribution in [3.63, 3.8) is 0 Å². The summed E-state index contributed by atoms with van der Waals surface area (Å²) in [6, 6.07) is 19.9. The van der Waals surface area contributed by atoms with Crippen LogP contribution in [0.15, 0.2) is 77.7 Å². The molecule has 0 saturated carbocycles. The number of anilines is 1. The third kappa shape index (κ3) is 5.68. The molecular formula is C27H28FN3O4S. The van der Waals surface area contributed by atoms with Gasteiger partial charge in [-0.15, -0.1) is 0 Å². The molecule has 0 aliphatic heterocycles. The third-order valence-electron chi connectivity index (χ3n) is 5.82. The van der Waals surface area contributed by atoms with E-state index in [1.807, 2.05) is 23.6 Å². The largest absolute Gasteiger partial charge is 0.494 e. The number of hydrogen-bond donors (Lipinski definition) is 2. The van der Waals surface area contributed by atoms with E-state index in [0.29, 0.717) is 35.7 Å². The van der Waals surface area contributed by atoms with Gasteiger partial charge in [-0.05, 0) is 61.9 Å². The predicted molar refractivity (Wildman–Crippen MR) is 139 cm³/mol. The second kappa shape index (κ2) is 10.8. The molecular weight excluding hydrogens is 481 g/mol. The van der Waals surface area contributed by atoms with Gasteiger partial charge in [-0.25, -0.2) is 17.6 Å². The number of halogens is 1. The lowest BCUT2D eigenvalue weighted by atomic mass is 10.2. The van der Waals surface area contributed by atoms with Gasteiger partial charge in [-0.2, -0.15) is 0 Å². The van der Waals surface area contributed by atoms with Gasteiger partial charge in [0.25, 0.3) is 0 Å². The van der Waals surface area contributed by atoms with E-state index in [1.165, 1.54) is 12.1 Å². The van der Waals surface area contributed by atoms with E-state index in [4.69, 9.17) is 4.74 Å². The van der Waals surface area contributed by atoms with Crippen molar-refractivity contribution < 1.29 is 22.3 Å². The summed E-state index contributed by atoms with van der Waals surface area (Å²) in [5.74, 6) is 0.119. The van der Waals surface area contributed by atoms with Gasteiger partial charge in [-0.1, -0.05) is 30.3 Å². The Hall–Kier alpha value is -3.85. The van der Waals surface area contributed by atoms with Gasteiger partial charge in [0.05, 0.1) is 17.3 Å². The third-order valence-corrected chi connectivity index (χ3v) is 7.70. The van der Waals surface area contributed by atoms with Crippen LogP contribution >= 0.6 is 0 Å². The van der Waals surface area contributed by atoms with Crippen LogP contribution < -0.4 is 15.4 Å². The molecule has 0 radical (unpaired) electrons. The summed E-state index contributed by atoms with van der Waals surface area (Å²) in [5.41, 5.74) is 2.80. The molecule has 9 heteroatoms. The minimum Gasteiger partial charge on any atom is -0.494 e. The van der Waals surface area contributed by atoms with Crippen LogP contribution in [0, 0.1) is 12.7 Å². The van der Waals surface area contributed by atoms with E-state index in [-0.39, 0.29) is 23.0 Å². The molecule has 2 N–H and O–H groups in total. The molecule has 0 atom stereocenters. The van der Waals surface area contributed by atoms with Gasteiger partial charge in [0, 0.05) is 35.4 Å². The Balaban J connectivity index is 1.47.